The van der Waals surface area contributed by atoms with Crippen LogP contribution in [0.2, 0.25) is 0 Å². The Kier molecular flexibility index (Phi) is 3.93. The smallest absolute Gasteiger partial charge is 0.223 e. The van der Waals surface area contributed by atoms with Crippen LogP contribution in [0.3, 0.4) is 0 Å². The largest absolute Gasteiger partial charge is 0.352 e. The minimum absolute atomic E-state index is 0.287. The Bertz CT molecular complexity index is 255. The minimum atomic E-state index is 0.287. The molecule has 0 aromatic rings. The highest BCUT2D eigenvalue weighted by atomic mass is 79.9. The monoisotopic (exact) mass is 287 g/mol. The van der Waals surface area contributed by atoms with Crippen molar-refractivity contribution in [3.8, 4) is 0 Å². The summed E-state index contributed by atoms with van der Waals surface area (Å²) in [6.07, 6.45) is 5.22. The summed E-state index contributed by atoms with van der Waals surface area (Å²) < 4.78 is 0. The third kappa shape index (κ3) is 2.44. The summed E-state index contributed by atoms with van der Waals surface area (Å²) in [6, 6.07) is 0.287. The van der Waals surface area contributed by atoms with Gasteiger partial charge in [-0.3, -0.25) is 4.79 Å². The zero-order valence-electron chi connectivity index (χ0n) is 10.2. The molecule has 2 aliphatic carbocycles. The number of carbonyl (C=O) groups excluding carboxylic acids is 1. The van der Waals surface area contributed by atoms with Gasteiger partial charge in [-0.05, 0) is 30.6 Å². The van der Waals surface area contributed by atoms with E-state index in [1.54, 1.807) is 0 Å². The predicted octanol–water partition coefficient (Wildman–Crippen LogP) is 2.96. The SMILES string of the molecule is CC(C)C(CBr)NC(=O)C1C2CCCCC21. The van der Waals surface area contributed by atoms with E-state index in [-0.39, 0.29) is 6.04 Å². The van der Waals surface area contributed by atoms with Crippen molar-refractivity contribution in [2.45, 2.75) is 45.6 Å². The second-order valence-electron chi connectivity index (χ2n) is 5.65. The summed E-state index contributed by atoms with van der Waals surface area (Å²) >= 11 is 3.48. The van der Waals surface area contributed by atoms with Gasteiger partial charge in [-0.15, -0.1) is 0 Å². The molecule has 0 aliphatic heterocycles. The van der Waals surface area contributed by atoms with Crippen LogP contribution < -0.4 is 5.32 Å². The van der Waals surface area contributed by atoms with Gasteiger partial charge in [-0.2, -0.15) is 0 Å². The van der Waals surface area contributed by atoms with Crippen molar-refractivity contribution in [2.75, 3.05) is 5.33 Å². The van der Waals surface area contributed by atoms with Gasteiger partial charge in [-0.25, -0.2) is 0 Å². The molecule has 2 aliphatic rings. The number of hydrogen-bond donors (Lipinski definition) is 1. The van der Waals surface area contributed by atoms with Crippen molar-refractivity contribution >= 4 is 21.8 Å². The number of rotatable bonds is 4. The molecule has 0 heterocycles. The second-order valence-corrected chi connectivity index (χ2v) is 6.30. The van der Waals surface area contributed by atoms with E-state index in [1.165, 1.54) is 25.7 Å². The highest BCUT2D eigenvalue weighted by Crippen LogP contribution is 2.55. The highest BCUT2D eigenvalue weighted by molar-refractivity contribution is 9.09. The molecule has 1 N–H and O–H groups in total. The van der Waals surface area contributed by atoms with Gasteiger partial charge in [0.1, 0.15) is 0 Å². The molecule has 1 amide bonds. The average molecular weight is 288 g/mol. The molecular formula is C13H22BrNO. The number of hydrogen-bond acceptors (Lipinski definition) is 1. The fraction of sp³-hybridized carbons (Fsp3) is 0.923. The molecular weight excluding hydrogens is 266 g/mol. The first-order valence-corrected chi connectivity index (χ1v) is 7.63. The molecule has 0 saturated heterocycles. The normalized spacial score (nSPS) is 34.4. The van der Waals surface area contributed by atoms with Crippen LogP contribution in [-0.2, 0) is 4.79 Å². The Morgan fingerprint density at radius 3 is 2.31 bits per heavy atom. The quantitative estimate of drug-likeness (QED) is 0.792. The first-order valence-electron chi connectivity index (χ1n) is 6.51. The Morgan fingerprint density at radius 2 is 1.88 bits per heavy atom. The fourth-order valence-electron chi connectivity index (χ4n) is 3.04. The third-order valence-corrected chi connectivity index (χ3v) is 4.96. The summed E-state index contributed by atoms with van der Waals surface area (Å²) in [4.78, 5) is 12.1. The van der Waals surface area contributed by atoms with Gasteiger partial charge >= 0.3 is 0 Å². The van der Waals surface area contributed by atoms with E-state index in [2.05, 4.69) is 35.1 Å². The second kappa shape index (κ2) is 5.07. The van der Waals surface area contributed by atoms with E-state index in [9.17, 15) is 4.79 Å². The van der Waals surface area contributed by atoms with Gasteiger partial charge in [0, 0.05) is 17.3 Å². The summed E-state index contributed by atoms with van der Waals surface area (Å²) in [5.41, 5.74) is 0. The Labute approximate surface area is 107 Å². The topological polar surface area (TPSA) is 29.1 Å². The van der Waals surface area contributed by atoms with Crippen molar-refractivity contribution in [1.82, 2.24) is 5.32 Å². The van der Waals surface area contributed by atoms with Crippen LogP contribution >= 0.6 is 15.9 Å². The van der Waals surface area contributed by atoms with Crippen molar-refractivity contribution in [2.24, 2.45) is 23.7 Å². The summed E-state index contributed by atoms with van der Waals surface area (Å²) in [5.74, 6) is 2.61. The molecule has 2 saturated carbocycles. The van der Waals surface area contributed by atoms with E-state index in [1.807, 2.05) is 0 Å². The maximum Gasteiger partial charge on any atom is 0.223 e. The molecule has 0 aromatic heterocycles. The molecule has 3 heteroatoms. The Morgan fingerprint density at radius 1 is 1.31 bits per heavy atom. The molecule has 3 unspecified atom stereocenters. The molecule has 16 heavy (non-hydrogen) atoms. The standard InChI is InChI=1S/C13H22BrNO/c1-8(2)11(7-14)15-13(16)12-9-5-3-4-6-10(9)12/h8-12H,3-7H2,1-2H3,(H,15,16). The molecule has 2 rings (SSSR count). The number of alkyl halides is 1. The molecule has 0 spiro atoms. The lowest BCUT2D eigenvalue weighted by molar-refractivity contribution is -0.123. The average Bonchev–Trinajstić information content (AvgIpc) is 2.99. The summed E-state index contributed by atoms with van der Waals surface area (Å²) in [7, 11) is 0. The molecule has 2 fully saturated rings. The highest BCUT2D eigenvalue weighted by Gasteiger charge is 2.54. The van der Waals surface area contributed by atoms with E-state index in [0.717, 1.165) is 17.2 Å². The van der Waals surface area contributed by atoms with Crippen molar-refractivity contribution < 1.29 is 4.79 Å². The van der Waals surface area contributed by atoms with Crippen molar-refractivity contribution in [3.05, 3.63) is 0 Å². The summed E-state index contributed by atoms with van der Waals surface area (Å²) in [5, 5.41) is 4.06. The van der Waals surface area contributed by atoms with Crippen molar-refractivity contribution in [3.63, 3.8) is 0 Å². The zero-order chi connectivity index (χ0) is 11.7. The number of carbonyl (C=O) groups is 1. The molecule has 2 nitrogen and oxygen atoms in total. The van der Waals surface area contributed by atoms with Crippen LogP contribution in [0.4, 0.5) is 0 Å². The first kappa shape index (κ1) is 12.4. The lowest BCUT2D eigenvalue weighted by atomic mass is 10.0. The minimum Gasteiger partial charge on any atom is -0.352 e. The van der Waals surface area contributed by atoms with Gasteiger partial charge in [0.2, 0.25) is 5.91 Å². The van der Waals surface area contributed by atoms with E-state index in [4.69, 9.17) is 0 Å². The number of amides is 1. The summed E-state index contributed by atoms with van der Waals surface area (Å²) in [6.45, 7) is 4.32. The molecule has 3 atom stereocenters. The zero-order valence-corrected chi connectivity index (χ0v) is 11.8. The van der Waals surface area contributed by atoms with Gasteiger partial charge < -0.3 is 5.32 Å². The van der Waals surface area contributed by atoms with E-state index < -0.39 is 0 Å². The Balaban J connectivity index is 1.84. The number of fused-ring (bicyclic) bond motifs is 1. The van der Waals surface area contributed by atoms with Crippen LogP contribution in [0.5, 0.6) is 0 Å². The van der Waals surface area contributed by atoms with E-state index >= 15 is 0 Å². The Hall–Kier alpha value is -0.0500. The van der Waals surface area contributed by atoms with Crippen LogP contribution in [0, 0.1) is 23.7 Å². The van der Waals surface area contributed by atoms with Crippen LogP contribution in [0.15, 0.2) is 0 Å². The van der Waals surface area contributed by atoms with Crippen molar-refractivity contribution in [1.29, 1.82) is 0 Å². The maximum atomic E-state index is 12.1. The van der Waals surface area contributed by atoms with E-state index in [0.29, 0.717) is 17.7 Å². The van der Waals surface area contributed by atoms with Gasteiger partial charge in [0.05, 0.1) is 0 Å². The van der Waals surface area contributed by atoms with Crippen LogP contribution in [0.1, 0.15) is 39.5 Å². The van der Waals surface area contributed by atoms with Gasteiger partial charge in [0.15, 0.2) is 0 Å². The molecule has 0 radical (unpaired) electrons. The van der Waals surface area contributed by atoms with Crippen LogP contribution in [0.25, 0.3) is 0 Å². The third-order valence-electron chi connectivity index (χ3n) is 4.26. The maximum absolute atomic E-state index is 12.1. The number of nitrogens with one attached hydrogen (secondary N) is 1. The lowest BCUT2D eigenvalue weighted by Crippen LogP contribution is -2.41. The van der Waals surface area contributed by atoms with Gasteiger partial charge in [0.25, 0.3) is 0 Å². The molecule has 92 valence electrons. The first-order chi connectivity index (χ1) is 7.65. The van der Waals surface area contributed by atoms with Crippen LogP contribution in [-0.4, -0.2) is 17.3 Å². The van der Waals surface area contributed by atoms with Gasteiger partial charge in [-0.1, -0.05) is 42.6 Å². The fourth-order valence-corrected chi connectivity index (χ4v) is 3.95. The number of halogens is 1. The lowest BCUT2D eigenvalue weighted by Gasteiger charge is -2.20. The molecule has 0 aromatic carbocycles. The molecule has 0 bridgehead atoms. The predicted molar refractivity (Wildman–Crippen MR) is 69.5 cm³/mol.